The molecule has 3 nitrogen and oxygen atoms in total. The minimum absolute atomic E-state index is 0.0107. The fraction of sp³-hybridized carbons (Fsp3) is 0.778. The molecule has 0 radical (unpaired) electrons. The number of hydrogen-bond acceptors (Lipinski definition) is 3. The van der Waals surface area contributed by atoms with E-state index in [4.69, 9.17) is 78.0 Å². The first-order valence-corrected chi connectivity index (χ1v) is 8.46. The van der Waals surface area contributed by atoms with Crippen LogP contribution in [0.15, 0.2) is 10.1 Å². The van der Waals surface area contributed by atoms with E-state index in [1.807, 2.05) is 0 Å². The van der Waals surface area contributed by atoms with Crippen molar-refractivity contribution in [2.45, 2.75) is 14.1 Å². The lowest BCUT2D eigenvalue weighted by atomic mass is 9.83. The maximum absolute atomic E-state index is 11.3. The van der Waals surface area contributed by atoms with E-state index in [9.17, 15) is 4.21 Å². The van der Waals surface area contributed by atoms with Gasteiger partial charge in [-0.2, -0.15) is 4.21 Å². The largest absolute Gasteiger partial charge is 0.304 e. The van der Waals surface area contributed by atoms with Crippen molar-refractivity contribution in [3.05, 3.63) is 10.1 Å². The molecule has 2 bridgehead atoms. The summed E-state index contributed by atoms with van der Waals surface area (Å²) in [7, 11) is 0. The number of halogens is 6. The summed E-state index contributed by atoms with van der Waals surface area (Å²) >= 11 is 36.4. The first kappa shape index (κ1) is 15.4. The second-order valence-corrected chi connectivity index (χ2v) is 8.77. The van der Waals surface area contributed by atoms with Crippen LogP contribution in [-0.2, 0) is 19.7 Å². The Morgan fingerprint density at radius 1 is 0.947 bits per heavy atom. The molecule has 0 N–H and O–H groups in total. The molecule has 19 heavy (non-hydrogen) atoms. The van der Waals surface area contributed by atoms with Crippen LogP contribution in [0.2, 0.25) is 0 Å². The quantitative estimate of drug-likeness (QED) is 0.575. The maximum atomic E-state index is 11.3. The molecule has 2 aliphatic carbocycles. The van der Waals surface area contributed by atoms with Gasteiger partial charge in [0, 0.05) is 11.8 Å². The van der Waals surface area contributed by atoms with Crippen LogP contribution >= 0.6 is 69.6 Å². The minimum Gasteiger partial charge on any atom is -0.268 e. The molecule has 0 aromatic carbocycles. The van der Waals surface area contributed by atoms with E-state index in [-0.39, 0.29) is 23.3 Å². The van der Waals surface area contributed by atoms with E-state index in [1.165, 1.54) is 0 Å². The van der Waals surface area contributed by atoms with Crippen molar-refractivity contribution < 1.29 is 12.6 Å². The van der Waals surface area contributed by atoms with E-state index >= 15 is 0 Å². The van der Waals surface area contributed by atoms with Gasteiger partial charge in [-0.1, -0.05) is 46.4 Å². The fourth-order valence-electron chi connectivity index (χ4n) is 2.96. The van der Waals surface area contributed by atoms with E-state index < -0.39 is 37.3 Å². The number of alkyl halides is 4. The molecule has 0 aromatic heterocycles. The van der Waals surface area contributed by atoms with Crippen molar-refractivity contribution in [3.8, 4) is 0 Å². The molecule has 0 aromatic rings. The second kappa shape index (κ2) is 4.53. The Balaban J connectivity index is 2.19. The highest BCUT2D eigenvalue weighted by atomic mass is 35.5. The Hall–Kier alpha value is 1.55. The van der Waals surface area contributed by atoms with Gasteiger partial charge in [-0.25, -0.2) is 0 Å². The number of allylic oxidation sites excluding steroid dienone is 2. The molecule has 2 fully saturated rings. The zero-order valence-corrected chi connectivity index (χ0v) is 14.3. The van der Waals surface area contributed by atoms with Crippen LogP contribution in [0.1, 0.15) is 0 Å². The van der Waals surface area contributed by atoms with Crippen LogP contribution in [0, 0.1) is 11.8 Å². The third-order valence-electron chi connectivity index (χ3n) is 3.94. The monoisotopic (exact) mass is 404 g/mol. The molecule has 1 heterocycles. The van der Waals surface area contributed by atoms with Crippen molar-refractivity contribution in [3.63, 3.8) is 0 Å². The van der Waals surface area contributed by atoms with Crippen LogP contribution < -0.4 is 0 Å². The number of fused-ring (bicyclic) bond motifs is 5. The Kier molecular flexibility index (Phi) is 3.68. The lowest BCUT2D eigenvalue weighted by Gasteiger charge is -2.33. The third-order valence-corrected chi connectivity index (χ3v) is 8.95. The minimum atomic E-state index is -1.86. The molecule has 3 rings (SSSR count). The van der Waals surface area contributed by atoms with Crippen molar-refractivity contribution >= 4 is 81.0 Å². The van der Waals surface area contributed by atoms with Gasteiger partial charge in [0.05, 0.1) is 23.3 Å². The number of hydrogen-bond donors (Lipinski definition) is 0. The molecule has 1 saturated heterocycles. The first-order valence-electron chi connectivity index (χ1n) is 5.19. The molecule has 3 aliphatic rings. The summed E-state index contributed by atoms with van der Waals surface area (Å²) in [5.41, 5.74) is 0. The van der Waals surface area contributed by atoms with Crippen LogP contribution in [0.4, 0.5) is 0 Å². The predicted octanol–water partition coefficient (Wildman–Crippen LogP) is 3.69. The van der Waals surface area contributed by atoms with E-state index in [1.54, 1.807) is 0 Å². The van der Waals surface area contributed by atoms with Gasteiger partial charge in [0.15, 0.2) is 4.33 Å². The Morgan fingerprint density at radius 2 is 1.32 bits per heavy atom. The Bertz CT molecular complexity index is 470. The highest BCUT2D eigenvalue weighted by Crippen LogP contribution is 2.76. The zero-order chi connectivity index (χ0) is 14.2. The average molecular weight is 407 g/mol. The topological polar surface area (TPSA) is 35.5 Å². The van der Waals surface area contributed by atoms with Gasteiger partial charge < -0.3 is 0 Å². The van der Waals surface area contributed by atoms with E-state index in [0.717, 1.165) is 0 Å². The molecule has 10 heteroatoms. The van der Waals surface area contributed by atoms with Crippen molar-refractivity contribution in [2.75, 3.05) is 13.2 Å². The highest BCUT2D eigenvalue weighted by Gasteiger charge is 2.82. The van der Waals surface area contributed by atoms with Gasteiger partial charge in [-0.3, -0.25) is 8.37 Å². The Labute approximate surface area is 142 Å². The standard InChI is InChI=1S/C9H6Cl6O3S/c10-5-6(11)8(13)4-2-18-19(16)17-1-3(4)7(5,12)9(8,14)15/h3-4H,1-2H2/t3-,4-,7+,8+/m1/s1. The fourth-order valence-corrected chi connectivity index (χ4v) is 6.60. The van der Waals surface area contributed by atoms with E-state index in [0.29, 0.717) is 0 Å². The molecule has 1 aliphatic heterocycles. The van der Waals surface area contributed by atoms with Crippen molar-refractivity contribution in [2.24, 2.45) is 11.8 Å². The molecular formula is C9H6Cl6O3S. The van der Waals surface area contributed by atoms with Crippen LogP contribution in [0.25, 0.3) is 0 Å². The summed E-state index contributed by atoms with van der Waals surface area (Å²) in [6.07, 6.45) is 0. The lowest BCUT2D eigenvalue weighted by Crippen LogP contribution is -2.45. The summed E-state index contributed by atoms with van der Waals surface area (Å²) in [5.74, 6) is -0.911. The van der Waals surface area contributed by atoms with Crippen LogP contribution in [0.3, 0.4) is 0 Å². The molecule has 108 valence electrons. The Morgan fingerprint density at radius 3 is 1.68 bits per heavy atom. The zero-order valence-electron chi connectivity index (χ0n) is 8.97. The summed E-state index contributed by atoms with van der Waals surface area (Å²) < 4.78 is 19.7. The lowest BCUT2D eigenvalue weighted by molar-refractivity contribution is 0.207. The predicted molar refractivity (Wildman–Crippen MR) is 77.4 cm³/mol. The van der Waals surface area contributed by atoms with Crippen molar-refractivity contribution in [1.82, 2.24) is 0 Å². The molecule has 4 atom stereocenters. The van der Waals surface area contributed by atoms with Gasteiger partial charge in [-0.15, -0.1) is 23.2 Å². The molecule has 0 spiro atoms. The highest BCUT2D eigenvalue weighted by molar-refractivity contribution is 7.75. The van der Waals surface area contributed by atoms with Gasteiger partial charge >= 0.3 is 11.4 Å². The van der Waals surface area contributed by atoms with Crippen LogP contribution in [0.5, 0.6) is 0 Å². The second-order valence-electron chi connectivity index (χ2n) is 4.61. The summed E-state index contributed by atoms with van der Waals surface area (Å²) in [5, 5.41) is 0.210. The average Bonchev–Trinajstić information content (AvgIpc) is 2.54. The summed E-state index contributed by atoms with van der Waals surface area (Å²) in [6.45, 7) is 0.0215. The van der Waals surface area contributed by atoms with Crippen LogP contribution in [-0.4, -0.2) is 31.5 Å². The first-order chi connectivity index (χ1) is 8.69. The van der Waals surface area contributed by atoms with Crippen molar-refractivity contribution in [1.29, 1.82) is 0 Å². The molecule has 0 amide bonds. The normalized spacial score (nSPS) is 49.4. The summed E-state index contributed by atoms with van der Waals surface area (Å²) in [6, 6.07) is 0. The molecule has 1 saturated carbocycles. The van der Waals surface area contributed by atoms with Gasteiger partial charge in [0.25, 0.3) is 0 Å². The van der Waals surface area contributed by atoms with E-state index in [2.05, 4.69) is 0 Å². The SMILES string of the molecule is O=S1OC[C@@H]2[C@@H](CO1)[C@]1(Cl)C(Cl)=C(Cl)[C@]2(Cl)C1(Cl)Cl. The smallest absolute Gasteiger partial charge is 0.268 e. The molecular weight excluding hydrogens is 401 g/mol. The molecule has 0 unspecified atom stereocenters. The van der Waals surface area contributed by atoms with Gasteiger partial charge in [0.2, 0.25) is 0 Å². The maximum Gasteiger partial charge on any atom is 0.304 e. The van der Waals surface area contributed by atoms with Gasteiger partial charge in [-0.05, 0) is 0 Å². The third kappa shape index (κ3) is 1.59. The number of rotatable bonds is 0. The van der Waals surface area contributed by atoms with Gasteiger partial charge in [0.1, 0.15) is 9.75 Å². The summed E-state index contributed by atoms with van der Waals surface area (Å²) in [4.78, 5) is -2.78.